The number of carbonyl (C=O) groups is 1. The first-order valence-electron chi connectivity index (χ1n) is 4.38. The highest BCUT2D eigenvalue weighted by Crippen LogP contribution is 2.06. The van der Waals surface area contributed by atoms with Gasteiger partial charge in [0.1, 0.15) is 0 Å². The molecule has 3 nitrogen and oxygen atoms in total. The largest absolute Gasteiger partial charge is 0.478 e. The van der Waals surface area contributed by atoms with Crippen LogP contribution in [0.15, 0.2) is 37.5 Å². The van der Waals surface area contributed by atoms with Gasteiger partial charge in [-0.05, 0) is 12.8 Å². The number of aliphatic hydroxyl groups is 1. The first-order chi connectivity index (χ1) is 6.99. The smallest absolute Gasteiger partial charge is 0.330 e. The number of allylic oxidation sites excluding steroid dienone is 2. The third kappa shape index (κ3) is 12.9. The Morgan fingerprint density at radius 1 is 1.40 bits per heavy atom. The van der Waals surface area contributed by atoms with Crippen LogP contribution in [0.2, 0.25) is 0 Å². The first kappa shape index (κ1) is 16.4. The predicted octanol–water partition coefficient (Wildman–Crippen LogP) is 2.37. The fourth-order valence-corrected chi connectivity index (χ4v) is 0.679. The number of aliphatic carboxylic acids is 1. The molecule has 0 fully saturated rings. The summed E-state index contributed by atoms with van der Waals surface area (Å²) in [5.41, 5.74) is 0.106. The van der Waals surface area contributed by atoms with Gasteiger partial charge in [0, 0.05) is 11.5 Å². The van der Waals surface area contributed by atoms with Crippen molar-refractivity contribution in [3.05, 3.63) is 37.5 Å². The Hall–Kier alpha value is -1.06. The first-order valence-corrected chi connectivity index (χ1v) is 4.91. The van der Waals surface area contributed by atoms with E-state index in [2.05, 4.69) is 19.7 Å². The second kappa shape index (κ2) is 11.0. The molecule has 0 aliphatic rings. The zero-order valence-corrected chi connectivity index (χ0v) is 9.41. The Bertz CT molecular complexity index is 218. The molecule has 0 bridgehead atoms. The van der Waals surface area contributed by atoms with Crippen LogP contribution in [0.25, 0.3) is 0 Å². The monoisotopic (exact) mass is 232 g/mol. The molecule has 0 aromatic rings. The Balaban J connectivity index is 0. The predicted molar refractivity (Wildman–Crippen MR) is 63.1 cm³/mol. The molecule has 0 saturated carbocycles. The fraction of sp³-hybridized carbons (Fsp3) is 0.364. The normalized spacial score (nSPS) is 10.5. The molecular weight excluding hydrogens is 216 g/mol. The van der Waals surface area contributed by atoms with Crippen molar-refractivity contribution in [2.75, 3.05) is 5.88 Å². The van der Waals surface area contributed by atoms with E-state index >= 15 is 0 Å². The number of hydrogen-bond acceptors (Lipinski definition) is 2. The van der Waals surface area contributed by atoms with Crippen molar-refractivity contribution in [3.8, 4) is 0 Å². The maximum Gasteiger partial charge on any atom is 0.330 e. The van der Waals surface area contributed by atoms with Gasteiger partial charge in [-0.3, -0.25) is 0 Å². The van der Waals surface area contributed by atoms with Crippen LogP contribution < -0.4 is 0 Å². The average Bonchev–Trinajstić information content (AvgIpc) is 2.25. The van der Waals surface area contributed by atoms with E-state index in [9.17, 15) is 4.79 Å². The summed E-state index contributed by atoms with van der Waals surface area (Å²) in [5.74, 6) is -0.890. The van der Waals surface area contributed by atoms with Crippen molar-refractivity contribution in [3.63, 3.8) is 0 Å². The molecule has 0 heterocycles. The van der Waals surface area contributed by atoms with Gasteiger partial charge in [-0.15, -0.1) is 11.6 Å². The third-order valence-electron chi connectivity index (χ3n) is 1.43. The number of rotatable bonds is 6. The SMILES string of the molecule is C=C(CCC(O)CCl)C(=O)O.C=CC=C. The summed E-state index contributed by atoms with van der Waals surface area (Å²) in [6.45, 7) is 10.0. The third-order valence-corrected chi connectivity index (χ3v) is 1.78. The molecule has 1 atom stereocenters. The van der Waals surface area contributed by atoms with E-state index in [1.54, 1.807) is 12.2 Å². The van der Waals surface area contributed by atoms with Crippen molar-refractivity contribution in [1.82, 2.24) is 0 Å². The summed E-state index contributed by atoms with van der Waals surface area (Å²) in [7, 11) is 0. The summed E-state index contributed by atoms with van der Waals surface area (Å²) in [5, 5.41) is 17.3. The fourth-order valence-electron chi connectivity index (χ4n) is 0.525. The number of hydrogen-bond donors (Lipinski definition) is 2. The molecule has 0 spiro atoms. The Labute approximate surface area is 95.4 Å². The lowest BCUT2D eigenvalue weighted by molar-refractivity contribution is -0.132. The van der Waals surface area contributed by atoms with E-state index in [4.69, 9.17) is 21.8 Å². The van der Waals surface area contributed by atoms with E-state index in [1.807, 2.05) is 0 Å². The second-order valence-corrected chi connectivity index (χ2v) is 3.04. The Kier molecular flexibility index (Phi) is 12.0. The number of carboxylic acid groups (broad SMARTS) is 1. The van der Waals surface area contributed by atoms with Gasteiger partial charge in [0.25, 0.3) is 0 Å². The van der Waals surface area contributed by atoms with E-state index in [0.717, 1.165) is 0 Å². The lowest BCUT2D eigenvalue weighted by Gasteiger charge is -2.04. The lowest BCUT2D eigenvalue weighted by Crippen LogP contribution is -2.10. The molecule has 15 heavy (non-hydrogen) atoms. The number of halogens is 1. The zero-order valence-electron chi connectivity index (χ0n) is 8.66. The number of carboxylic acids is 1. The summed E-state index contributed by atoms with van der Waals surface area (Å²) in [6.07, 6.45) is 3.28. The summed E-state index contributed by atoms with van der Waals surface area (Å²) >= 11 is 5.29. The van der Waals surface area contributed by atoms with E-state index in [1.165, 1.54) is 0 Å². The van der Waals surface area contributed by atoms with Crippen LogP contribution >= 0.6 is 11.6 Å². The molecule has 0 aromatic carbocycles. The van der Waals surface area contributed by atoms with Crippen LogP contribution in [-0.2, 0) is 4.79 Å². The number of aliphatic hydroxyl groups excluding tert-OH is 1. The van der Waals surface area contributed by atoms with Crippen molar-refractivity contribution < 1.29 is 15.0 Å². The van der Waals surface area contributed by atoms with Crippen molar-refractivity contribution in [2.24, 2.45) is 0 Å². The molecule has 0 aliphatic heterocycles. The number of alkyl halides is 1. The molecule has 86 valence electrons. The summed E-state index contributed by atoms with van der Waals surface area (Å²) < 4.78 is 0. The van der Waals surface area contributed by atoms with Crippen LogP contribution in [-0.4, -0.2) is 28.2 Å². The van der Waals surface area contributed by atoms with Crippen LogP contribution in [0, 0.1) is 0 Å². The van der Waals surface area contributed by atoms with Gasteiger partial charge in [-0.25, -0.2) is 4.79 Å². The van der Waals surface area contributed by atoms with Crippen LogP contribution in [0.1, 0.15) is 12.8 Å². The quantitative estimate of drug-likeness (QED) is 0.420. The molecular formula is C11H17ClO3. The van der Waals surface area contributed by atoms with Gasteiger partial charge < -0.3 is 10.2 Å². The minimum absolute atomic E-state index is 0.106. The van der Waals surface area contributed by atoms with Crippen molar-refractivity contribution >= 4 is 17.6 Å². The van der Waals surface area contributed by atoms with Crippen molar-refractivity contribution in [1.29, 1.82) is 0 Å². The molecule has 0 saturated heterocycles. The highest BCUT2D eigenvalue weighted by atomic mass is 35.5. The topological polar surface area (TPSA) is 57.5 Å². The maximum absolute atomic E-state index is 10.2. The minimum Gasteiger partial charge on any atom is -0.478 e. The van der Waals surface area contributed by atoms with Crippen LogP contribution in [0.5, 0.6) is 0 Å². The van der Waals surface area contributed by atoms with Gasteiger partial charge in [-0.2, -0.15) is 0 Å². The van der Waals surface area contributed by atoms with Gasteiger partial charge in [0.15, 0.2) is 0 Å². The molecule has 1 unspecified atom stereocenters. The van der Waals surface area contributed by atoms with Gasteiger partial charge in [0.05, 0.1) is 6.10 Å². The van der Waals surface area contributed by atoms with Crippen LogP contribution in [0.4, 0.5) is 0 Å². The molecule has 0 aliphatic carbocycles. The van der Waals surface area contributed by atoms with Crippen molar-refractivity contribution in [2.45, 2.75) is 18.9 Å². The lowest BCUT2D eigenvalue weighted by atomic mass is 10.1. The summed E-state index contributed by atoms with van der Waals surface area (Å²) in [6, 6.07) is 0. The highest BCUT2D eigenvalue weighted by molar-refractivity contribution is 6.18. The average molecular weight is 233 g/mol. The minimum atomic E-state index is -1.02. The van der Waals surface area contributed by atoms with Crippen LogP contribution in [0.3, 0.4) is 0 Å². The molecule has 0 amide bonds. The Morgan fingerprint density at radius 2 is 1.87 bits per heavy atom. The summed E-state index contributed by atoms with van der Waals surface area (Å²) in [4.78, 5) is 10.2. The van der Waals surface area contributed by atoms with E-state index in [-0.39, 0.29) is 17.9 Å². The van der Waals surface area contributed by atoms with E-state index < -0.39 is 12.1 Å². The highest BCUT2D eigenvalue weighted by Gasteiger charge is 2.07. The molecule has 2 N–H and O–H groups in total. The van der Waals surface area contributed by atoms with Gasteiger partial charge in [0.2, 0.25) is 0 Å². The zero-order chi connectivity index (χ0) is 12.3. The van der Waals surface area contributed by atoms with Gasteiger partial charge >= 0.3 is 5.97 Å². The molecule has 0 rings (SSSR count). The standard InChI is InChI=1S/C7H11ClO3.C4H6/c1-5(7(10)11)2-3-6(9)4-8;1-3-4-2/h6,9H,1-4H2,(H,10,11);3-4H,1-2H2. The van der Waals surface area contributed by atoms with E-state index in [0.29, 0.717) is 6.42 Å². The molecule has 4 heteroatoms. The van der Waals surface area contributed by atoms with Gasteiger partial charge in [-0.1, -0.05) is 31.9 Å². The maximum atomic E-state index is 10.2. The molecule has 0 radical (unpaired) electrons. The molecule has 0 aromatic heterocycles. The second-order valence-electron chi connectivity index (χ2n) is 2.73. The Morgan fingerprint density at radius 3 is 2.13 bits per heavy atom.